The Kier molecular flexibility index (Phi) is 3.86. The van der Waals surface area contributed by atoms with E-state index in [0.717, 1.165) is 16.6 Å². The molecular weight excluding hydrogens is 278 g/mol. The Morgan fingerprint density at radius 2 is 1.95 bits per heavy atom. The summed E-state index contributed by atoms with van der Waals surface area (Å²) in [5.74, 6) is -0.294. The molecule has 1 N–H and O–H groups in total. The highest BCUT2D eigenvalue weighted by molar-refractivity contribution is 6.67. The molecule has 106 valence electrons. The van der Waals surface area contributed by atoms with E-state index in [0.29, 0.717) is 5.56 Å². The molecule has 0 spiro atoms. The third-order valence-electron chi connectivity index (χ3n) is 2.66. The summed E-state index contributed by atoms with van der Waals surface area (Å²) in [4.78, 5) is 26.0. The maximum Gasteiger partial charge on any atom is 0.312 e. The van der Waals surface area contributed by atoms with Gasteiger partial charge in [-0.3, -0.25) is 9.59 Å². The van der Waals surface area contributed by atoms with Gasteiger partial charge in [-0.2, -0.15) is 0 Å². The Bertz CT molecular complexity index is 667. The fraction of sp³-hybridized carbons (Fsp3) is 0.333. The normalized spacial score (nSPS) is 11.6. The zero-order valence-electron chi connectivity index (χ0n) is 11.6. The molecule has 1 aromatic heterocycles. The molecule has 0 atom stereocenters. The van der Waals surface area contributed by atoms with Crippen LogP contribution in [-0.2, 0) is 16.0 Å². The van der Waals surface area contributed by atoms with Crippen LogP contribution in [0.1, 0.15) is 36.8 Å². The Labute approximate surface area is 122 Å². The van der Waals surface area contributed by atoms with Crippen molar-refractivity contribution < 1.29 is 14.3 Å². The van der Waals surface area contributed by atoms with Gasteiger partial charge in [0.05, 0.1) is 6.42 Å². The predicted octanol–water partition coefficient (Wildman–Crippen LogP) is 3.43. The number of rotatable bonds is 3. The highest BCUT2D eigenvalue weighted by Gasteiger charge is 2.17. The molecule has 0 aliphatic carbocycles. The van der Waals surface area contributed by atoms with Gasteiger partial charge in [0.25, 0.3) is 5.24 Å². The number of carbonyl (C=O) groups excluding carboxylic acids is 2. The fourth-order valence-electron chi connectivity index (χ4n) is 1.94. The largest absolute Gasteiger partial charge is 0.460 e. The second-order valence-corrected chi connectivity index (χ2v) is 5.98. The van der Waals surface area contributed by atoms with Crippen LogP contribution >= 0.6 is 11.6 Å². The van der Waals surface area contributed by atoms with Crippen LogP contribution in [0.3, 0.4) is 0 Å². The number of hydrogen-bond donors (Lipinski definition) is 1. The minimum Gasteiger partial charge on any atom is -0.460 e. The minimum atomic E-state index is -0.499. The molecule has 0 bridgehead atoms. The van der Waals surface area contributed by atoms with Crippen molar-refractivity contribution in [3.8, 4) is 0 Å². The van der Waals surface area contributed by atoms with Crippen molar-refractivity contribution in [1.29, 1.82) is 0 Å². The lowest BCUT2D eigenvalue weighted by atomic mass is 10.1. The molecule has 20 heavy (non-hydrogen) atoms. The number of H-pyrrole nitrogens is 1. The van der Waals surface area contributed by atoms with E-state index in [1.807, 2.05) is 26.8 Å². The fourth-order valence-corrected chi connectivity index (χ4v) is 2.06. The zero-order valence-corrected chi connectivity index (χ0v) is 12.4. The van der Waals surface area contributed by atoms with Gasteiger partial charge in [0.15, 0.2) is 0 Å². The molecule has 0 aliphatic heterocycles. The number of carbonyl (C=O) groups is 2. The summed E-state index contributed by atoms with van der Waals surface area (Å²) in [5, 5.41) is 0.344. The first-order valence-electron chi connectivity index (χ1n) is 6.28. The average molecular weight is 294 g/mol. The third kappa shape index (κ3) is 3.61. The van der Waals surface area contributed by atoms with Crippen LogP contribution in [0.4, 0.5) is 0 Å². The zero-order chi connectivity index (χ0) is 14.9. The SMILES string of the molecule is CC(C)(C)OC(=O)Cc1cc2cc(C(=O)Cl)ccc2[nH]1. The average Bonchev–Trinajstić information content (AvgIpc) is 2.66. The summed E-state index contributed by atoms with van der Waals surface area (Å²) in [6, 6.07) is 6.93. The van der Waals surface area contributed by atoms with Gasteiger partial charge >= 0.3 is 5.97 Å². The molecule has 4 nitrogen and oxygen atoms in total. The highest BCUT2D eigenvalue weighted by Crippen LogP contribution is 2.19. The van der Waals surface area contributed by atoms with Crippen LogP contribution < -0.4 is 0 Å². The number of ether oxygens (including phenoxy) is 1. The minimum absolute atomic E-state index is 0.163. The molecule has 2 aromatic rings. The van der Waals surface area contributed by atoms with Crippen molar-refractivity contribution in [2.45, 2.75) is 32.8 Å². The van der Waals surface area contributed by atoms with E-state index in [1.54, 1.807) is 18.2 Å². The summed E-state index contributed by atoms with van der Waals surface area (Å²) >= 11 is 5.44. The number of hydrogen-bond acceptors (Lipinski definition) is 3. The lowest BCUT2D eigenvalue weighted by Gasteiger charge is -2.19. The smallest absolute Gasteiger partial charge is 0.312 e. The quantitative estimate of drug-likeness (QED) is 0.697. The number of fused-ring (bicyclic) bond motifs is 1. The molecule has 2 rings (SSSR count). The number of esters is 1. The third-order valence-corrected chi connectivity index (χ3v) is 2.88. The Morgan fingerprint density at radius 3 is 2.55 bits per heavy atom. The van der Waals surface area contributed by atoms with E-state index in [2.05, 4.69) is 4.98 Å². The summed E-state index contributed by atoms with van der Waals surface area (Å²) < 4.78 is 5.27. The second-order valence-electron chi connectivity index (χ2n) is 5.63. The monoisotopic (exact) mass is 293 g/mol. The predicted molar refractivity (Wildman–Crippen MR) is 78.0 cm³/mol. The summed E-state index contributed by atoms with van der Waals surface area (Å²) in [6.07, 6.45) is 0.163. The summed E-state index contributed by atoms with van der Waals surface area (Å²) in [7, 11) is 0. The van der Waals surface area contributed by atoms with Crippen LogP contribution in [0.5, 0.6) is 0 Å². The summed E-state index contributed by atoms with van der Waals surface area (Å²) in [6.45, 7) is 5.48. The van der Waals surface area contributed by atoms with Gasteiger partial charge in [-0.1, -0.05) is 0 Å². The molecule has 0 radical (unpaired) electrons. The van der Waals surface area contributed by atoms with Crippen molar-refractivity contribution in [2.75, 3.05) is 0 Å². The van der Waals surface area contributed by atoms with E-state index < -0.39 is 10.8 Å². The highest BCUT2D eigenvalue weighted by atomic mass is 35.5. The molecule has 0 saturated heterocycles. The molecular formula is C15H16ClNO3. The molecule has 0 aliphatic rings. The molecule has 1 aromatic carbocycles. The Hall–Kier alpha value is -1.81. The lowest BCUT2D eigenvalue weighted by molar-refractivity contribution is -0.153. The number of nitrogens with one attached hydrogen (secondary N) is 1. The molecule has 1 heterocycles. The van der Waals surface area contributed by atoms with Gasteiger partial charge in [0.2, 0.25) is 0 Å². The molecule has 0 fully saturated rings. The second kappa shape index (κ2) is 5.29. The topological polar surface area (TPSA) is 59.2 Å². The van der Waals surface area contributed by atoms with Crippen molar-refractivity contribution in [2.24, 2.45) is 0 Å². The van der Waals surface area contributed by atoms with E-state index in [4.69, 9.17) is 16.3 Å². The van der Waals surface area contributed by atoms with Gasteiger partial charge in [0, 0.05) is 22.2 Å². The van der Waals surface area contributed by atoms with Gasteiger partial charge in [-0.15, -0.1) is 0 Å². The van der Waals surface area contributed by atoms with Crippen molar-refractivity contribution in [1.82, 2.24) is 4.98 Å². The molecule has 0 amide bonds. The lowest BCUT2D eigenvalue weighted by Crippen LogP contribution is -2.24. The number of benzene rings is 1. The van der Waals surface area contributed by atoms with Gasteiger partial charge in [-0.25, -0.2) is 0 Å². The molecule has 0 unspecified atom stereocenters. The molecule has 5 heteroatoms. The first-order chi connectivity index (χ1) is 9.24. The van der Waals surface area contributed by atoms with Crippen LogP contribution in [0.25, 0.3) is 10.9 Å². The Morgan fingerprint density at radius 1 is 1.25 bits per heavy atom. The van der Waals surface area contributed by atoms with Crippen LogP contribution in [0, 0.1) is 0 Å². The van der Waals surface area contributed by atoms with E-state index in [1.165, 1.54) is 0 Å². The van der Waals surface area contributed by atoms with Crippen LogP contribution in [-0.4, -0.2) is 21.8 Å². The standard InChI is InChI=1S/C15H16ClNO3/c1-15(2,3)20-13(18)8-11-7-10-6-9(14(16)19)4-5-12(10)17-11/h4-7,17H,8H2,1-3H3. The van der Waals surface area contributed by atoms with E-state index >= 15 is 0 Å². The van der Waals surface area contributed by atoms with Crippen LogP contribution in [0.15, 0.2) is 24.3 Å². The van der Waals surface area contributed by atoms with Crippen molar-refractivity contribution in [3.63, 3.8) is 0 Å². The van der Waals surface area contributed by atoms with Gasteiger partial charge in [0.1, 0.15) is 5.60 Å². The van der Waals surface area contributed by atoms with Gasteiger partial charge < -0.3 is 9.72 Å². The first-order valence-corrected chi connectivity index (χ1v) is 6.66. The van der Waals surface area contributed by atoms with Crippen molar-refractivity contribution in [3.05, 3.63) is 35.5 Å². The first kappa shape index (κ1) is 14.6. The van der Waals surface area contributed by atoms with E-state index in [9.17, 15) is 9.59 Å². The summed E-state index contributed by atoms with van der Waals surface area (Å²) in [5.41, 5.74) is 1.53. The van der Waals surface area contributed by atoms with Gasteiger partial charge in [-0.05, 0) is 56.6 Å². The maximum atomic E-state index is 11.8. The van der Waals surface area contributed by atoms with Crippen molar-refractivity contribution >= 4 is 33.7 Å². The van der Waals surface area contributed by atoms with E-state index in [-0.39, 0.29) is 12.4 Å². The number of aromatic amines is 1. The molecule has 0 saturated carbocycles. The maximum absolute atomic E-state index is 11.8. The Balaban J connectivity index is 2.20. The number of aromatic nitrogens is 1. The van der Waals surface area contributed by atoms with Crippen LogP contribution in [0.2, 0.25) is 0 Å². The number of halogens is 1.